The van der Waals surface area contributed by atoms with Crippen LogP contribution in [0.1, 0.15) is 72.9 Å². The molecule has 52 heavy (non-hydrogen) atoms. The standard InChI is InChI=1S/C42H28F6N4/c1-3-24(16-17-49)37-34-20-27(25-6-4-8-29(18-25)41(43,44)45)11-14-31(34)32-13-10-23(2)36-38(51-22-50)35-21-28(12-15-33(35)39(36)52-40(32)37)26-7-5-9-30(19-26)42(46,47)48/h4-9,11-12,14-15,18-21H,3,10,13,16H2,1-2H3/b36-23+,37-24+,51-38-,52-39-. The summed E-state index contributed by atoms with van der Waals surface area (Å²) < 4.78 is 81.6. The second-order valence-corrected chi connectivity index (χ2v) is 12.8. The smallest absolute Gasteiger partial charge is 0.247 e. The molecule has 1 aliphatic heterocycles. The van der Waals surface area contributed by atoms with Crippen LogP contribution in [0.25, 0.3) is 33.4 Å². The van der Waals surface area contributed by atoms with Gasteiger partial charge in [-0.25, -0.2) is 4.99 Å². The number of alkyl halides is 6. The van der Waals surface area contributed by atoms with Crippen molar-refractivity contribution in [2.75, 3.05) is 0 Å². The number of fused-ring (bicyclic) bond motifs is 5. The maximum atomic E-state index is 13.6. The van der Waals surface area contributed by atoms with Crippen molar-refractivity contribution in [3.05, 3.63) is 141 Å². The first-order valence-electron chi connectivity index (χ1n) is 16.6. The van der Waals surface area contributed by atoms with Gasteiger partial charge in [0, 0.05) is 22.3 Å². The first-order valence-corrected chi connectivity index (χ1v) is 16.6. The van der Waals surface area contributed by atoms with Gasteiger partial charge in [0.05, 0.1) is 40.7 Å². The minimum atomic E-state index is -4.52. The molecule has 0 fully saturated rings. The lowest BCUT2D eigenvalue weighted by atomic mass is 9.92. The van der Waals surface area contributed by atoms with Crippen LogP contribution in [0.5, 0.6) is 0 Å². The molecule has 1 heterocycles. The molecule has 4 nitrogen and oxygen atoms in total. The zero-order valence-electron chi connectivity index (χ0n) is 28.0. The number of nitrogens with zero attached hydrogens (tertiary/aromatic N) is 4. The number of hydrogen-bond acceptors (Lipinski definition) is 4. The minimum Gasteiger partial charge on any atom is -0.247 e. The molecule has 0 atom stereocenters. The van der Waals surface area contributed by atoms with Gasteiger partial charge in [0.25, 0.3) is 0 Å². The van der Waals surface area contributed by atoms with Crippen LogP contribution in [0.4, 0.5) is 26.3 Å². The van der Waals surface area contributed by atoms with Gasteiger partial charge in [-0.15, -0.1) is 0 Å². The molecule has 0 spiro atoms. The third-order valence-corrected chi connectivity index (χ3v) is 9.82. The van der Waals surface area contributed by atoms with Crippen molar-refractivity contribution in [1.29, 1.82) is 10.5 Å². The predicted molar refractivity (Wildman–Crippen MR) is 189 cm³/mol. The Balaban J connectivity index is 1.42. The van der Waals surface area contributed by atoms with Crippen LogP contribution in [0, 0.1) is 22.8 Å². The monoisotopic (exact) mass is 702 g/mol. The molecule has 0 amide bonds. The fraction of sp³-hybridized carbons (Fsp3) is 0.190. The van der Waals surface area contributed by atoms with Crippen molar-refractivity contribution in [2.45, 2.75) is 51.9 Å². The summed E-state index contributed by atoms with van der Waals surface area (Å²) in [6.45, 7) is 3.89. The van der Waals surface area contributed by atoms with Gasteiger partial charge in [0.15, 0.2) is 0 Å². The fourth-order valence-corrected chi connectivity index (χ4v) is 7.31. The van der Waals surface area contributed by atoms with E-state index in [0.29, 0.717) is 75.3 Å². The quantitative estimate of drug-likeness (QED) is 0.157. The van der Waals surface area contributed by atoms with Crippen LogP contribution in [-0.2, 0) is 12.4 Å². The summed E-state index contributed by atoms with van der Waals surface area (Å²) in [5.74, 6) is 0. The van der Waals surface area contributed by atoms with Gasteiger partial charge < -0.3 is 0 Å². The zero-order valence-corrected chi connectivity index (χ0v) is 28.0. The highest BCUT2D eigenvalue weighted by atomic mass is 19.4. The van der Waals surface area contributed by atoms with Gasteiger partial charge in [-0.3, -0.25) is 0 Å². The topological polar surface area (TPSA) is 72.3 Å². The molecule has 0 N–H and O–H groups in total. The summed E-state index contributed by atoms with van der Waals surface area (Å²) in [4.78, 5) is 9.52. The Morgan fingerprint density at radius 3 is 1.87 bits per heavy atom. The molecular formula is C42H28F6N4. The number of benzene rings is 4. The summed E-state index contributed by atoms with van der Waals surface area (Å²) in [6, 6.07) is 23.3. The van der Waals surface area contributed by atoms with E-state index in [1.165, 1.54) is 12.1 Å². The maximum Gasteiger partial charge on any atom is 0.416 e. The Bertz CT molecular complexity index is 2420. The Morgan fingerprint density at radius 1 is 0.731 bits per heavy atom. The highest BCUT2D eigenvalue weighted by Gasteiger charge is 2.37. The van der Waals surface area contributed by atoms with E-state index in [4.69, 9.17) is 4.99 Å². The van der Waals surface area contributed by atoms with Crippen LogP contribution in [0.3, 0.4) is 0 Å². The van der Waals surface area contributed by atoms with E-state index in [-0.39, 0.29) is 6.42 Å². The number of halogens is 6. The lowest BCUT2D eigenvalue weighted by molar-refractivity contribution is -0.138. The fourth-order valence-electron chi connectivity index (χ4n) is 7.31. The summed E-state index contributed by atoms with van der Waals surface area (Å²) in [7, 11) is 0. The number of aliphatic imine (C=N–C) groups is 2. The van der Waals surface area contributed by atoms with Crippen molar-refractivity contribution in [2.24, 2.45) is 9.98 Å². The van der Waals surface area contributed by atoms with Crippen molar-refractivity contribution in [1.82, 2.24) is 0 Å². The van der Waals surface area contributed by atoms with Crippen LogP contribution in [-0.4, -0.2) is 11.4 Å². The number of allylic oxidation sites excluding steroid dienone is 5. The summed E-state index contributed by atoms with van der Waals surface area (Å²) in [6.07, 6.45) is -5.37. The number of rotatable bonds is 4. The molecule has 0 unspecified atom stereocenters. The molecule has 0 aromatic heterocycles. The van der Waals surface area contributed by atoms with E-state index in [1.54, 1.807) is 36.4 Å². The molecule has 4 aromatic carbocycles. The third kappa shape index (κ3) is 5.94. The third-order valence-electron chi connectivity index (χ3n) is 9.82. The van der Waals surface area contributed by atoms with Crippen LogP contribution in [0.15, 0.2) is 117 Å². The lowest BCUT2D eigenvalue weighted by Crippen LogP contribution is -2.09. The average Bonchev–Trinajstić information content (AvgIpc) is 3.58. The SMILES string of the molecule is CC/C(CC#N)=C1\C2=C(CC/C(C)=C3C(=N/C#N)\c4cc(-c5cccc(C(F)(F)F)c5)ccc4C\3=N\2)c2ccc(-c3cccc(C(F)(F)F)c3)cc21. The second kappa shape index (κ2) is 13.0. The van der Waals surface area contributed by atoms with Crippen LogP contribution >= 0.6 is 0 Å². The van der Waals surface area contributed by atoms with Gasteiger partial charge in [0.1, 0.15) is 0 Å². The van der Waals surface area contributed by atoms with Crippen LogP contribution in [0.2, 0.25) is 0 Å². The highest BCUT2D eigenvalue weighted by Crippen LogP contribution is 2.50. The Kier molecular flexibility index (Phi) is 8.58. The molecule has 4 aromatic rings. The molecule has 10 heteroatoms. The average molecular weight is 703 g/mol. The predicted octanol–water partition coefficient (Wildman–Crippen LogP) is 11.7. The molecule has 258 valence electrons. The first kappa shape index (κ1) is 34.4. The van der Waals surface area contributed by atoms with Gasteiger partial charge in [-0.05, 0) is 107 Å². The molecule has 0 bridgehead atoms. The molecule has 7 rings (SSSR count). The van der Waals surface area contributed by atoms with E-state index in [0.717, 1.165) is 57.7 Å². The Labute approximate surface area is 296 Å². The first-order chi connectivity index (χ1) is 24.8. The number of nitriles is 2. The Hall–Kier alpha value is -6.00. The highest BCUT2D eigenvalue weighted by molar-refractivity contribution is 6.44. The molecule has 2 aliphatic carbocycles. The largest absolute Gasteiger partial charge is 0.416 e. The molecule has 0 saturated heterocycles. The molecule has 3 aliphatic rings. The molecular weight excluding hydrogens is 674 g/mol. The van der Waals surface area contributed by atoms with Gasteiger partial charge in [-0.1, -0.05) is 61.0 Å². The van der Waals surface area contributed by atoms with Crippen molar-refractivity contribution >= 4 is 22.6 Å². The maximum absolute atomic E-state index is 13.6. The lowest BCUT2D eigenvalue weighted by Gasteiger charge is -2.16. The van der Waals surface area contributed by atoms with Gasteiger partial charge in [0.2, 0.25) is 6.19 Å². The van der Waals surface area contributed by atoms with Crippen LogP contribution < -0.4 is 0 Å². The van der Waals surface area contributed by atoms with E-state index in [2.05, 4.69) is 11.1 Å². The molecule has 0 radical (unpaired) electrons. The minimum absolute atomic E-state index is 0.112. The second-order valence-electron chi connectivity index (χ2n) is 12.8. The zero-order chi connectivity index (χ0) is 36.9. The number of hydrogen-bond donors (Lipinski definition) is 0. The van der Waals surface area contributed by atoms with E-state index in [9.17, 15) is 36.9 Å². The van der Waals surface area contributed by atoms with E-state index >= 15 is 0 Å². The summed E-state index contributed by atoms with van der Waals surface area (Å²) in [5, 5.41) is 19.6. The van der Waals surface area contributed by atoms with Crippen molar-refractivity contribution < 1.29 is 26.3 Å². The van der Waals surface area contributed by atoms with Crippen molar-refractivity contribution in [3.8, 4) is 34.5 Å². The molecule has 0 saturated carbocycles. The van der Waals surface area contributed by atoms with Crippen molar-refractivity contribution in [3.63, 3.8) is 0 Å². The summed E-state index contributed by atoms with van der Waals surface area (Å²) >= 11 is 0. The normalized spacial score (nSPS) is 19.4. The van der Waals surface area contributed by atoms with E-state index < -0.39 is 23.5 Å². The van der Waals surface area contributed by atoms with Gasteiger partial charge in [-0.2, -0.15) is 41.9 Å². The van der Waals surface area contributed by atoms with Gasteiger partial charge >= 0.3 is 12.4 Å². The van der Waals surface area contributed by atoms with E-state index in [1.807, 2.05) is 32.2 Å². The summed E-state index contributed by atoms with van der Waals surface area (Å²) in [5.41, 5.74) is 8.90. The Morgan fingerprint density at radius 2 is 1.31 bits per heavy atom.